The number of Topliss-reactive ketones (excluding diaryl/α,β-unsaturated/α-hetero) is 1. The molecule has 0 bridgehead atoms. The van der Waals surface area contributed by atoms with Crippen LogP contribution in [0.25, 0.3) is 0 Å². The fourth-order valence-electron chi connectivity index (χ4n) is 2.06. The highest BCUT2D eigenvalue weighted by Gasteiger charge is 2.54. The van der Waals surface area contributed by atoms with Crippen molar-refractivity contribution in [1.82, 2.24) is 0 Å². The van der Waals surface area contributed by atoms with Crippen molar-refractivity contribution in [3.05, 3.63) is 0 Å². The topological polar surface area (TPSA) is 116 Å². The van der Waals surface area contributed by atoms with Crippen molar-refractivity contribution < 1.29 is 38.5 Å². The minimum Gasteiger partial charge on any atom is -0.466 e. The fraction of sp³-hybridized carbons (Fsp3) is 0.750. The number of carbonyl (C=O) groups excluding carboxylic acids is 4. The average Bonchev–Trinajstić information content (AvgIpc) is 2.53. The summed E-state index contributed by atoms with van der Waals surface area (Å²) in [6.45, 7) is 6.19. The molecule has 8 heteroatoms. The van der Waals surface area contributed by atoms with Gasteiger partial charge in [-0.05, 0) is 20.3 Å². The van der Waals surface area contributed by atoms with Crippen molar-refractivity contribution in [2.24, 2.45) is 5.92 Å². The van der Waals surface area contributed by atoms with Crippen molar-refractivity contribution in [3.63, 3.8) is 0 Å². The molecular weight excluding hydrogens is 320 g/mol. The number of ether oxygens (including phenoxy) is 3. The normalized spacial score (nSPS) is 14.2. The van der Waals surface area contributed by atoms with E-state index in [2.05, 4.69) is 0 Å². The predicted octanol–water partition coefficient (Wildman–Crippen LogP) is 0.782. The molecule has 0 aromatic carbocycles. The van der Waals surface area contributed by atoms with Gasteiger partial charge in [0.05, 0.1) is 26.2 Å². The number of rotatable bonds is 11. The van der Waals surface area contributed by atoms with Gasteiger partial charge in [-0.15, -0.1) is 0 Å². The van der Waals surface area contributed by atoms with Gasteiger partial charge in [-0.2, -0.15) is 0 Å². The zero-order chi connectivity index (χ0) is 18.8. The molecule has 0 rings (SSSR count). The molecule has 1 N–H and O–H groups in total. The molecular formula is C16H26O8. The van der Waals surface area contributed by atoms with E-state index in [4.69, 9.17) is 14.2 Å². The molecule has 0 aliphatic heterocycles. The van der Waals surface area contributed by atoms with E-state index >= 15 is 0 Å². The SMILES string of the molecule is CCCOC(=O)CC(O)(C(=O)OCC)C(C(=O)CC)C(=O)OCC. The molecule has 0 aliphatic rings. The number of aliphatic hydroxyl groups is 1. The number of hydrogen-bond donors (Lipinski definition) is 1. The summed E-state index contributed by atoms with van der Waals surface area (Å²) in [5.41, 5.74) is -2.67. The molecule has 0 saturated heterocycles. The molecule has 0 spiro atoms. The van der Waals surface area contributed by atoms with E-state index in [1.54, 1.807) is 6.92 Å². The van der Waals surface area contributed by atoms with Crippen LogP contribution in [0.1, 0.15) is 47.0 Å². The molecule has 138 valence electrons. The van der Waals surface area contributed by atoms with E-state index in [0.717, 1.165) is 0 Å². The van der Waals surface area contributed by atoms with Gasteiger partial charge >= 0.3 is 17.9 Å². The van der Waals surface area contributed by atoms with Gasteiger partial charge in [0.15, 0.2) is 11.5 Å². The Morgan fingerprint density at radius 3 is 2.00 bits per heavy atom. The number of hydrogen-bond acceptors (Lipinski definition) is 8. The first kappa shape index (κ1) is 22.0. The predicted molar refractivity (Wildman–Crippen MR) is 82.9 cm³/mol. The van der Waals surface area contributed by atoms with Crippen molar-refractivity contribution in [2.75, 3.05) is 19.8 Å². The van der Waals surface area contributed by atoms with Gasteiger partial charge in [0.25, 0.3) is 0 Å². The highest BCUT2D eigenvalue weighted by atomic mass is 16.6. The summed E-state index contributed by atoms with van der Waals surface area (Å²) in [7, 11) is 0. The molecule has 24 heavy (non-hydrogen) atoms. The first-order valence-electron chi connectivity index (χ1n) is 8.02. The molecule has 8 nitrogen and oxygen atoms in total. The van der Waals surface area contributed by atoms with Gasteiger partial charge < -0.3 is 19.3 Å². The Labute approximate surface area is 141 Å². The third-order valence-corrected chi connectivity index (χ3v) is 3.18. The second-order valence-corrected chi connectivity index (χ2v) is 5.05. The lowest BCUT2D eigenvalue weighted by Gasteiger charge is -2.30. The van der Waals surface area contributed by atoms with Crippen molar-refractivity contribution >= 4 is 23.7 Å². The molecule has 0 aromatic heterocycles. The van der Waals surface area contributed by atoms with Crippen LogP contribution in [0, 0.1) is 5.92 Å². The zero-order valence-electron chi connectivity index (χ0n) is 14.6. The van der Waals surface area contributed by atoms with Gasteiger partial charge in [-0.25, -0.2) is 4.79 Å². The maximum absolute atomic E-state index is 12.2. The fourth-order valence-corrected chi connectivity index (χ4v) is 2.06. The molecule has 0 aliphatic carbocycles. The standard InChI is InChI=1S/C16H26O8/c1-5-9-24-12(18)10-16(21,15(20)23-8-4)13(11(17)6-2)14(19)22-7-3/h13,21H,5-10H2,1-4H3. The summed E-state index contributed by atoms with van der Waals surface area (Å²) in [5, 5.41) is 10.7. The van der Waals surface area contributed by atoms with Gasteiger partial charge in [0.1, 0.15) is 5.78 Å². The van der Waals surface area contributed by atoms with E-state index < -0.39 is 41.6 Å². The van der Waals surface area contributed by atoms with Crippen LogP contribution in [-0.2, 0) is 33.4 Å². The van der Waals surface area contributed by atoms with Crippen LogP contribution in [-0.4, -0.2) is 54.2 Å². The van der Waals surface area contributed by atoms with Crippen LogP contribution < -0.4 is 0 Å². The summed E-state index contributed by atoms with van der Waals surface area (Å²) < 4.78 is 14.4. The maximum Gasteiger partial charge on any atom is 0.340 e. The average molecular weight is 346 g/mol. The number of ketones is 1. The summed E-state index contributed by atoms with van der Waals surface area (Å²) in [4.78, 5) is 48.4. The van der Waals surface area contributed by atoms with Crippen molar-refractivity contribution in [2.45, 2.75) is 52.6 Å². The van der Waals surface area contributed by atoms with E-state index in [0.29, 0.717) is 6.42 Å². The van der Waals surface area contributed by atoms with E-state index in [-0.39, 0.29) is 26.2 Å². The van der Waals surface area contributed by atoms with Crippen LogP contribution in [0.15, 0.2) is 0 Å². The van der Waals surface area contributed by atoms with Crippen LogP contribution in [0.3, 0.4) is 0 Å². The third-order valence-electron chi connectivity index (χ3n) is 3.18. The first-order chi connectivity index (χ1) is 11.3. The Bertz CT molecular complexity index is 459. The lowest BCUT2D eigenvalue weighted by Crippen LogP contribution is -2.55. The number of esters is 3. The molecule has 0 heterocycles. The molecule has 2 unspecified atom stereocenters. The molecule has 0 fully saturated rings. The second kappa shape index (κ2) is 10.7. The summed E-state index contributed by atoms with van der Waals surface area (Å²) >= 11 is 0. The largest absolute Gasteiger partial charge is 0.466 e. The van der Waals surface area contributed by atoms with E-state index in [9.17, 15) is 24.3 Å². The third kappa shape index (κ3) is 5.92. The van der Waals surface area contributed by atoms with Crippen LogP contribution in [0.2, 0.25) is 0 Å². The highest BCUT2D eigenvalue weighted by molar-refractivity contribution is 6.06. The van der Waals surface area contributed by atoms with Gasteiger partial charge in [-0.1, -0.05) is 13.8 Å². The summed E-state index contributed by atoms with van der Waals surface area (Å²) in [6, 6.07) is 0. The smallest absolute Gasteiger partial charge is 0.340 e. The van der Waals surface area contributed by atoms with Gasteiger partial charge in [0, 0.05) is 6.42 Å². The summed E-state index contributed by atoms with van der Waals surface area (Å²) in [5.74, 6) is -5.81. The molecule has 0 saturated carbocycles. The quantitative estimate of drug-likeness (QED) is 0.331. The lowest BCUT2D eigenvalue weighted by atomic mass is 9.80. The number of carbonyl (C=O) groups is 4. The van der Waals surface area contributed by atoms with E-state index in [1.165, 1.54) is 20.8 Å². The monoisotopic (exact) mass is 346 g/mol. The molecule has 0 amide bonds. The van der Waals surface area contributed by atoms with Gasteiger partial charge in [-0.3, -0.25) is 14.4 Å². The van der Waals surface area contributed by atoms with E-state index in [1.807, 2.05) is 0 Å². The molecule has 0 radical (unpaired) electrons. The Morgan fingerprint density at radius 2 is 1.54 bits per heavy atom. The van der Waals surface area contributed by atoms with Gasteiger partial charge in [0.2, 0.25) is 0 Å². The first-order valence-corrected chi connectivity index (χ1v) is 8.02. The minimum absolute atomic E-state index is 0.0501. The van der Waals surface area contributed by atoms with Crippen molar-refractivity contribution in [1.29, 1.82) is 0 Å². The van der Waals surface area contributed by atoms with Crippen LogP contribution in [0.4, 0.5) is 0 Å². The Morgan fingerprint density at radius 1 is 0.958 bits per heavy atom. The maximum atomic E-state index is 12.2. The lowest BCUT2D eigenvalue weighted by molar-refractivity contribution is -0.187. The Balaban J connectivity index is 5.74. The zero-order valence-corrected chi connectivity index (χ0v) is 14.6. The van der Waals surface area contributed by atoms with Crippen molar-refractivity contribution in [3.8, 4) is 0 Å². The van der Waals surface area contributed by atoms with Crippen LogP contribution >= 0.6 is 0 Å². The molecule has 0 aromatic rings. The minimum atomic E-state index is -2.67. The molecule has 2 atom stereocenters. The highest BCUT2D eigenvalue weighted by Crippen LogP contribution is 2.28. The second-order valence-electron chi connectivity index (χ2n) is 5.05. The Hall–Kier alpha value is -1.96. The summed E-state index contributed by atoms with van der Waals surface area (Å²) in [6.07, 6.45) is -0.463. The Kier molecular flexibility index (Phi) is 9.87. The van der Waals surface area contributed by atoms with Crippen LogP contribution in [0.5, 0.6) is 0 Å².